The highest BCUT2D eigenvalue weighted by Gasteiger charge is 2.12. The van der Waals surface area contributed by atoms with Gasteiger partial charge in [-0.2, -0.15) is 0 Å². The standard InChI is InChI=1S/C15H21NO2/c1-4-13(5-2)9-12(3)15(17)11-18-14-7-6-8-16-10-14/h6-8,10,13H,3-5,9,11H2,1-2H3. The van der Waals surface area contributed by atoms with E-state index in [1.807, 2.05) is 0 Å². The minimum atomic E-state index is -0.0225. The fourth-order valence-corrected chi connectivity index (χ4v) is 1.72. The number of Topliss-reactive ketones (excluding diaryl/α,β-unsaturated/α-hetero) is 1. The largest absolute Gasteiger partial charge is 0.484 e. The van der Waals surface area contributed by atoms with Crippen molar-refractivity contribution in [2.75, 3.05) is 6.61 Å². The zero-order valence-electron chi connectivity index (χ0n) is 11.2. The van der Waals surface area contributed by atoms with E-state index < -0.39 is 0 Å². The Hall–Kier alpha value is -1.64. The summed E-state index contributed by atoms with van der Waals surface area (Å²) in [5.74, 6) is 1.13. The van der Waals surface area contributed by atoms with Crippen molar-refractivity contribution in [1.29, 1.82) is 0 Å². The molecule has 0 aliphatic carbocycles. The lowest BCUT2D eigenvalue weighted by atomic mass is 9.93. The molecule has 3 heteroatoms. The molecule has 0 bridgehead atoms. The number of carbonyl (C=O) groups is 1. The molecule has 0 aliphatic heterocycles. The molecule has 0 atom stereocenters. The minimum Gasteiger partial charge on any atom is -0.484 e. The van der Waals surface area contributed by atoms with Crippen molar-refractivity contribution >= 4 is 5.78 Å². The highest BCUT2D eigenvalue weighted by molar-refractivity contribution is 5.95. The average Bonchev–Trinajstić information content (AvgIpc) is 2.42. The van der Waals surface area contributed by atoms with Gasteiger partial charge in [0, 0.05) is 6.20 Å². The summed E-state index contributed by atoms with van der Waals surface area (Å²) in [6.45, 7) is 8.18. The van der Waals surface area contributed by atoms with Gasteiger partial charge < -0.3 is 4.74 Å². The molecule has 0 aliphatic rings. The van der Waals surface area contributed by atoms with E-state index >= 15 is 0 Å². The third-order valence-electron chi connectivity index (χ3n) is 3.09. The summed E-state index contributed by atoms with van der Waals surface area (Å²) < 4.78 is 5.36. The maximum atomic E-state index is 11.8. The van der Waals surface area contributed by atoms with Crippen LogP contribution in [-0.2, 0) is 4.79 Å². The molecule has 18 heavy (non-hydrogen) atoms. The Kier molecular flexibility index (Phi) is 6.12. The van der Waals surface area contributed by atoms with Gasteiger partial charge in [0.2, 0.25) is 0 Å². The van der Waals surface area contributed by atoms with Gasteiger partial charge in [-0.1, -0.05) is 33.3 Å². The van der Waals surface area contributed by atoms with Crippen LogP contribution >= 0.6 is 0 Å². The molecule has 0 aromatic carbocycles. The first-order valence-electron chi connectivity index (χ1n) is 6.41. The van der Waals surface area contributed by atoms with Crippen LogP contribution in [0.5, 0.6) is 5.75 Å². The van der Waals surface area contributed by atoms with Crippen LogP contribution in [0.4, 0.5) is 0 Å². The molecule has 0 fully saturated rings. The zero-order valence-corrected chi connectivity index (χ0v) is 11.2. The summed E-state index contributed by atoms with van der Waals surface area (Å²) in [6, 6.07) is 3.56. The van der Waals surface area contributed by atoms with E-state index in [0.717, 1.165) is 19.3 Å². The molecule has 0 amide bonds. The van der Waals surface area contributed by atoms with Crippen LogP contribution in [0.25, 0.3) is 0 Å². The normalized spacial score (nSPS) is 10.4. The second kappa shape index (κ2) is 7.64. The highest BCUT2D eigenvalue weighted by Crippen LogP contribution is 2.18. The molecule has 0 spiro atoms. The third-order valence-corrected chi connectivity index (χ3v) is 3.09. The van der Waals surface area contributed by atoms with Crippen LogP contribution in [0.15, 0.2) is 36.7 Å². The van der Waals surface area contributed by atoms with Crippen molar-refractivity contribution in [1.82, 2.24) is 4.98 Å². The highest BCUT2D eigenvalue weighted by atomic mass is 16.5. The number of ether oxygens (including phenoxy) is 1. The Labute approximate surface area is 109 Å². The van der Waals surface area contributed by atoms with Gasteiger partial charge in [-0.15, -0.1) is 0 Å². The van der Waals surface area contributed by atoms with Crippen LogP contribution in [-0.4, -0.2) is 17.4 Å². The molecular weight excluding hydrogens is 226 g/mol. The van der Waals surface area contributed by atoms with Gasteiger partial charge in [0.25, 0.3) is 0 Å². The molecule has 1 heterocycles. The summed E-state index contributed by atoms with van der Waals surface area (Å²) in [6.07, 6.45) is 6.18. The number of hydrogen-bond acceptors (Lipinski definition) is 3. The number of hydrogen-bond donors (Lipinski definition) is 0. The van der Waals surface area contributed by atoms with Gasteiger partial charge in [0.1, 0.15) is 5.75 Å². The van der Waals surface area contributed by atoms with Crippen molar-refractivity contribution < 1.29 is 9.53 Å². The van der Waals surface area contributed by atoms with Crippen molar-refractivity contribution in [2.45, 2.75) is 33.1 Å². The Morgan fingerprint density at radius 3 is 2.72 bits per heavy atom. The second-order valence-electron chi connectivity index (χ2n) is 4.39. The maximum absolute atomic E-state index is 11.8. The molecule has 0 radical (unpaired) electrons. The summed E-state index contributed by atoms with van der Waals surface area (Å²) in [5, 5.41) is 0. The maximum Gasteiger partial charge on any atom is 0.195 e. The van der Waals surface area contributed by atoms with Crippen LogP contribution < -0.4 is 4.74 Å². The Morgan fingerprint density at radius 1 is 1.44 bits per heavy atom. The Balaban J connectivity index is 2.39. The van der Waals surface area contributed by atoms with E-state index in [4.69, 9.17) is 4.74 Å². The zero-order chi connectivity index (χ0) is 13.4. The van der Waals surface area contributed by atoms with Crippen LogP contribution in [0.2, 0.25) is 0 Å². The number of aromatic nitrogens is 1. The van der Waals surface area contributed by atoms with Crippen LogP contribution in [0, 0.1) is 5.92 Å². The summed E-state index contributed by atoms with van der Waals surface area (Å²) in [5.41, 5.74) is 0.660. The van der Waals surface area contributed by atoms with Crippen molar-refractivity contribution in [2.24, 2.45) is 5.92 Å². The number of ketones is 1. The van der Waals surface area contributed by atoms with Gasteiger partial charge >= 0.3 is 0 Å². The first-order chi connectivity index (χ1) is 8.67. The summed E-state index contributed by atoms with van der Waals surface area (Å²) in [4.78, 5) is 15.8. The molecule has 0 N–H and O–H groups in total. The number of rotatable bonds is 8. The first kappa shape index (κ1) is 14.4. The monoisotopic (exact) mass is 247 g/mol. The van der Waals surface area contributed by atoms with E-state index in [9.17, 15) is 4.79 Å². The predicted molar refractivity (Wildman–Crippen MR) is 72.6 cm³/mol. The molecule has 1 aromatic rings. The number of nitrogens with zero attached hydrogens (tertiary/aromatic N) is 1. The van der Waals surface area contributed by atoms with Gasteiger partial charge in [0.05, 0.1) is 6.20 Å². The van der Waals surface area contributed by atoms with Crippen LogP contribution in [0.3, 0.4) is 0 Å². The van der Waals surface area contributed by atoms with E-state index in [-0.39, 0.29) is 12.4 Å². The smallest absolute Gasteiger partial charge is 0.195 e. The third kappa shape index (κ3) is 4.70. The molecule has 0 saturated carbocycles. The molecule has 0 saturated heterocycles. The lowest BCUT2D eigenvalue weighted by Gasteiger charge is -2.13. The van der Waals surface area contributed by atoms with Gasteiger partial charge in [0.15, 0.2) is 12.4 Å². The number of carbonyl (C=O) groups excluding carboxylic acids is 1. The van der Waals surface area contributed by atoms with E-state index in [1.165, 1.54) is 0 Å². The van der Waals surface area contributed by atoms with Gasteiger partial charge in [-0.3, -0.25) is 9.78 Å². The number of pyridine rings is 1. The molecule has 0 unspecified atom stereocenters. The molecule has 98 valence electrons. The van der Waals surface area contributed by atoms with Crippen molar-refractivity contribution in [3.63, 3.8) is 0 Å². The van der Waals surface area contributed by atoms with Crippen molar-refractivity contribution in [3.05, 3.63) is 36.7 Å². The van der Waals surface area contributed by atoms with Crippen LogP contribution in [0.1, 0.15) is 33.1 Å². The van der Waals surface area contributed by atoms with Gasteiger partial charge in [-0.25, -0.2) is 0 Å². The predicted octanol–water partition coefficient (Wildman–Crippen LogP) is 3.41. The van der Waals surface area contributed by atoms with Crippen molar-refractivity contribution in [3.8, 4) is 5.75 Å². The lowest BCUT2D eigenvalue weighted by Crippen LogP contribution is -2.15. The minimum absolute atomic E-state index is 0.0225. The fraction of sp³-hybridized carbons (Fsp3) is 0.467. The average molecular weight is 247 g/mol. The SMILES string of the molecule is C=C(CC(CC)CC)C(=O)COc1cccnc1. The van der Waals surface area contributed by atoms with E-state index in [0.29, 0.717) is 17.2 Å². The van der Waals surface area contributed by atoms with E-state index in [2.05, 4.69) is 25.4 Å². The first-order valence-corrected chi connectivity index (χ1v) is 6.41. The molecular formula is C15H21NO2. The fourth-order valence-electron chi connectivity index (χ4n) is 1.72. The second-order valence-corrected chi connectivity index (χ2v) is 4.39. The van der Waals surface area contributed by atoms with E-state index in [1.54, 1.807) is 24.5 Å². The lowest BCUT2D eigenvalue weighted by molar-refractivity contribution is -0.117. The molecule has 1 aromatic heterocycles. The Bertz CT molecular complexity index is 383. The van der Waals surface area contributed by atoms with Gasteiger partial charge in [-0.05, 0) is 30.0 Å². The summed E-state index contributed by atoms with van der Waals surface area (Å²) in [7, 11) is 0. The Morgan fingerprint density at radius 2 is 2.17 bits per heavy atom. The molecule has 1 rings (SSSR count). The quantitative estimate of drug-likeness (QED) is 0.661. The summed E-state index contributed by atoms with van der Waals surface area (Å²) >= 11 is 0. The molecule has 3 nitrogen and oxygen atoms in total. The topological polar surface area (TPSA) is 39.2 Å².